The molecular weight excluding hydrogens is 397 g/mol. The molecule has 1 unspecified atom stereocenters. The van der Waals surface area contributed by atoms with Crippen molar-refractivity contribution in [1.82, 2.24) is 9.80 Å². The van der Waals surface area contributed by atoms with E-state index >= 15 is 0 Å². The predicted molar refractivity (Wildman–Crippen MR) is 107 cm³/mol. The lowest BCUT2D eigenvalue weighted by Gasteiger charge is -2.36. The zero-order chi connectivity index (χ0) is 21.6. The van der Waals surface area contributed by atoms with Gasteiger partial charge in [-0.15, -0.1) is 0 Å². The van der Waals surface area contributed by atoms with Gasteiger partial charge in [0, 0.05) is 32.7 Å². The van der Waals surface area contributed by atoms with E-state index in [9.17, 15) is 18.0 Å². The van der Waals surface area contributed by atoms with Gasteiger partial charge >= 0.3 is 6.18 Å². The molecular formula is C22H31F3N2O3. The zero-order valence-corrected chi connectivity index (χ0v) is 17.5. The highest BCUT2D eigenvalue weighted by molar-refractivity contribution is 5.81. The quantitative estimate of drug-likeness (QED) is 0.628. The van der Waals surface area contributed by atoms with Crippen LogP contribution < -0.4 is 4.74 Å². The smallest absolute Gasteiger partial charge is 0.422 e. The van der Waals surface area contributed by atoms with Crippen molar-refractivity contribution >= 4 is 5.91 Å². The second-order valence-electron chi connectivity index (χ2n) is 8.09. The first-order valence-electron chi connectivity index (χ1n) is 10.8. The molecule has 1 amide bonds. The van der Waals surface area contributed by atoms with E-state index in [1.165, 1.54) is 12.8 Å². The molecule has 5 nitrogen and oxygen atoms in total. The van der Waals surface area contributed by atoms with E-state index in [4.69, 9.17) is 9.47 Å². The summed E-state index contributed by atoms with van der Waals surface area (Å²) >= 11 is 0. The van der Waals surface area contributed by atoms with Crippen LogP contribution in [0.4, 0.5) is 13.2 Å². The number of carbonyl (C=O) groups excluding carboxylic acids is 1. The minimum Gasteiger partial charge on any atom is -0.484 e. The summed E-state index contributed by atoms with van der Waals surface area (Å²) in [5, 5.41) is 0. The van der Waals surface area contributed by atoms with E-state index < -0.39 is 12.8 Å². The van der Waals surface area contributed by atoms with Crippen molar-refractivity contribution in [2.24, 2.45) is 0 Å². The van der Waals surface area contributed by atoms with E-state index in [1.54, 1.807) is 24.3 Å². The Kier molecular flexibility index (Phi) is 7.99. The minimum absolute atomic E-state index is 0.0928. The van der Waals surface area contributed by atoms with Crippen LogP contribution in [0.5, 0.6) is 5.75 Å². The molecule has 2 aliphatic rings. The standard InChI is InChI=1S/C22H31F3N2O3/c1-2-20(30-19-5-3-4-6-19)21(28)27-13-11-26(12-14-27)15-17-7-9-18(10-8-17)29-16-22(23,24)25/h7-10,19-20H,2-6,11-16H2,1H3. The highest BCUT2D eigenvalue weighted by atomic mass is 19.4. The summed E-state index contributed by atoms with van der Waals surface area (Å²) in [6, 6.07) is 6.69. The van der Waals surface area contributed by atoms with E-state index in [2.05, 4.69) is 4.90 Å². The molecule has 8 heteroatoms. The SMILES string of the molecule is CCC(OC1CCCC1)C(=O)N1CCN(Cc2ccc(OCC(F)(F)F)cc2)CC1. The second kappa shape index (κ2) is 10.5. The topological polar surface area (TPSA) is 42.0 Å². The number of hydrogen-bond donors (Lipinski definition) is 0. The molecule has 2 fully saturated rings. The third-order valence-electron chi connectivity index (χ3n) is 5.72. The van der Waals surface area contributed by atoms with Crippen LogP contribution in [0, 0.1) is 0 Å². The van der Waals surface area contributed by atoms with Gasteiger partial charge < -0.3 is 14.4 Å². The van der Waals surface area contributed by atoms with Crippen LogP contribution >= 0.6 is 0 Å². The average Bonchev–Trinajstić information content (AvgIpc) is 3.24. The van der Waals surface area contributed by atoms with E-state index in [0.717, 1.165) is 31.5 Å². The zero-order valence-electron chi connectivity index (χ0n) is 17.5. The number of halogens is 3. The molecule has 1 saturated heterocycles. The molecule has 0 radical (unpaired) electrons. The van der Waals surface area contributed by atoms with Crippen LogP contribution in [-0.4, -0.2) is 66.9 Å². The Labute approximate surface area is 176 Å². The third-order valence-corrected chi connectivity index (χ3v) is 5.72. The van der Waals surface area contributed by atoms with Crippen LogP contribution in [0.1, 0.15) is 44.6 Å². The summed E-state index contributed by atoms with van der Waals surface area (Å²) in [5.74, 6) is 0.301. The maximum atomic E-state index is 12.8. The highest BCUT2D eigenvalue weighted by Gasteiger charge is 2.30. The monoisotopic (exact) mass is 428 g/mol. The number of piperazine rings is 1. The average molecular weight is 428 g/mol. The molecule has 1 aromatic rings. The molecule has 30 heavy (non-hydrogen) atoms. The van der Waals surface area contributed by atoms with Gasteiger partial charge in [0.15, 0.2) is 6.61 Å². The van der Waals surface area contributed by atoms with Crippen LogP contribution in [-0.2, 0) is 16.1 Å². The Hall–Kier alpha value is -1.80. The van der Waals surface area contributed by atoms with Gasteiger partial charge in [0.25, 0.3) is 5.91 Å². The lowest BCUT2D eigenvalue weighted by Crippen LogP contribution is -2.51. The molecule has 0 aromatic heterocycles. The third kappa shape index (κ3) is 6.87. The summed E-state index contributed by atoms with van der Waals surface area (Å²) in [7, 11) is 0. The van der Waals surface area contributed by atoms with Gasteiger partial charge in [-0.1, -0.05) is 31.9 Å². The van der Waals surface area contributed by atoms with Gasteiger partial charge in [-0.3, -0.25) is 9.69 Å². The molecule has 1 heterocycles. The molecule has 1 saturated carbocycles. The van der Waals surface area contributed by atoms with Gasteiger partial charge in [0.05, 0.1) is 6.10 Å². The van der Waals surface area contributed by atoms with Crippen molar-refractivity contribution in [3.63, 3.8) is 0 Å². The summed E-state index contributed by atoms with van der Waals surface area (Å²) in [4.78, 5) is 17.0. The molecule has 1 aliphatic carbocycles. The molecule has 0 bridgehead atoms. The molecule has 1 aromatic carbocycles. The van der Waals surface area contributed by atoms with Crippen molar-refractivity contribution in [3.8, 4) is 5.75 Å². The number of amides is 1. The van der Waals surface area contributed by atoms with Gasteiger partial charge in [0.2, 0.25) is 0 Å². The number of rotatable bonds is 8. The van der Waals surface area contributed by atoms with Gasteiger partial charge in [-0.25, -0.2) is 0 Å². The molecule has 168 valence electrons. The van der Waals surface area contributed by atoms with Crippen LogP contribution in [0.2, 0.25) is 0 Å². The Balaban J connectivity index is 1.43. The number of hydrogen-bond acceptors (Lipinski definition) is 4. The fourth-order valence-corrected chi connectivity index (χ4v) is 4.03. The summed E-state index contributed by atoms with van der Waals surface area (Å²) in [6.45, 7) is 4.25. The second-order valence-corrected chi connectivity index (χ2v) is 8.09. The fourth-order valence-electron chi connectivity index (χ4n) is 4.03. The Bertz CT molecular complexity index is 667. The summed E-state index contributed by atoms with van der Waals surface area (Å²) < 4.78 is 47.5. The molecule has 1 atom stereocenters. The molecule has 3 rings (SSSR count). The number of alkyl halides is 3. The van der Waals surface area contributed by atoms with Gasteiger partial charge in [-0.05, 0) is 37.0 Å². The number of ether oxygens (including phenoxy) is 2. The van der Waals surface area contributed by atoms with Crippen LogP contribution in [0.15, 0.2) is 24.3 Å². The largest absolute Gasteiger partial charge is 0.484 e. The van der Waals surface area contributed by atoms with Crippen molar-refractivity contribution in [3.05, 3.63) is 29.8 Å². The maximum Gasteiger partial charge on any atom is 0.422 e. The Morgan fingerprint density at radius 3 is 2.30 bits per heavy atom. The van der Waals surface area contributed by atoms with Crippen LogP contribution in [0.3, 0.4) is 0 Å². The van der Waals surface area contributed by atoms with Gasteiger partial charge in [0.1, 0.15) is 11.9 Å². The first-order chi connectivity index (χ1) is 14.3. The molecule has 0 N–H and O–H groups in total. The number of nitrogens with zero attached hydrogens (tertiary/aromatic N) is 2. The van der Waals surface area contributed by atoms with Crippen molar-refractivity contribution in [1.29, 1.82) is 0 Å². The lowest BCUT2D eigenvalue weighted by atomic mass is 10.1. The van der Waals surface area contributed by atoms with Crippen molar-refractivity contribution < 1.29 is 27.4 Å². The first-order valence-corrected chi connectivity index (χ1v) is 10.8. The minimum atomic E-state index is -4.34. The Morgan fingerprint density at radius 2 is 1.73 bits per heavy atom. The van der Waals surface area contributed by atoms with E-state index in [1.807, 2.05) is 11.8 Å². The lowest BCUT2D eigenvalue weighted by molar-refractivity contribution is -0.153. The number of carbonyl (C=O) groups is 1. The fraction of sp³-hybridized carbons (Fsp3) is 0.682. The van der Waals surface area contributed by atoms with Gasteiger partial charge in [-0.2, -0.15) is 13.2 Å². The molecule has 1 aliphatic heterocycles. The number of benzene rings is 1. The first kappa shape index (κ1) is 22.9. The van der Waals surface area contributed by atoms with E-state index in [-0.39, 0.29) is 23.9 Å². The maximum absolute atomic E-state index is 12.8. The summed E-state index contributed by atoms with van der Waals surface area (Å²) in [6.07, 6.45) is 0.710. The predicted octanol–water partition coefficient (Wildman–Crippen LogP) is 4.01. The highest BCUT2D eigenvalue weighted by Crippen LogP contribution is 2.24. The summed E-state index contributed by atoms with van der Waals surface area (Å²) in [5.41, 5.74) is 1.00. The Morgan fingerprint density at radius 1 is 1.10 bits per heavy atom. The molecule has 0 spiro atoms. The van der Waals surface area contributed by atoms with Crippen molar-refractivity contribution in [2.45, 2.75) is 64.0 Å². The normalized spacial score (nSPS) is 19.8. The van der Waals surface area contributed by atoms with E-state index in [0.29, 0.717) is 26.1 Å². The van der Waals surface area contributed by atoms with Crippen LogP contribution in [0.25, 0.3) is 0 Å². The van der Waals surface area contributed by atoms with Crippen molar-refractivity contribution in [2.75, 3.05) is 32.8 Å².